The largest absolute Gasteiger partial charge is 0.393 e. The summed E-state index contributed by atoms with van der Waals surface area (Å²) in [5.41, 5.74) is -0.238. The van der Waals surface area contributed by atoms with E-state index >= 15 is 0 Å². The summed E-state index contributed by atoms with van der Waals surface area (Å²) in [6, 6.07) is 0.317. The number of carbonyl (C=O) groups excluding carboxylic acids is 1. The maximum Gasteiger partial charge on any atom is 0.242 e. The number of nitrogens with one attached hydrogen (secondary N) is 3. The monoisotopic (exact) mass is 298 g/mol. The van der Waals surface area contributed by atoms with Crippen molar-refractivity contribution in [3.05, 3.63) is 0 Å². The van der Waals surface area contributed by atoms with E-state index in [0.717, 1.165) is 32.2 Å². The van der Waals surface area contributed by atoms with Crippen molar-refractivity contribution in [3.63, 3.8) is 0 Å². The molecule has 6 heteroatoms. The lowest BCUT2D eigenvalue weighted by Crippen LogP contribution is -2.46. The molecular formula is C15H30N4O2. The van der Waals surface area contributed by atoms with Crippen LogP contribution in [0.4, 0.5) is 0 Å². The quantitative estimate of drug-likeness (QED) is 0.456. The van der Waals surface area contributed by atoms with Crippen LogP contribution >= 0.6 is 0 Å². The smallest absolute Gasteiger partial charge is 0.242 e. The molecule has 0 heterocycles. The fourth-order valence-electron chi connectivity index (χ4n) is 2.34. The van der Waals surface area contributed by atoms with Crippen LogP contribution in [0.25, 0.3) is 0 Å². The van der Waals surface area contributed by atoms with E-state index in [1.54, 1.807) is 0 Å². The van der Waals surface area contributed by atoms with Crippen molar-refractivity contribution in [1.29, 1.82) is 0 Å². The number of aliphatic hydroxyl groups is 1. The molecule has 1 rings (SSSR count). The van der Waals surface area contributed by atoms with Crippen LogP contribution in [0.5, 0.6) is 0 Å². The normalized spacial score (nSPS) is 23.6. The highest BCUT2D eigenvalue weighted by molar-refractivity contribution is 5.85. The van der Waals surface area contributed by atoms with Gasteiger partial charge in [0, 0.05) is 18.1 Å². The molecule has 1 saturated carbocycles. The predicted molar refractivity (Wildman–Crippen MR) is 85.3 cm³/mol. The number of amides is 1. The summed E-state index contributed by atoms with van der Waals surface area (Å²) in [5.74, 6) is 0.585. The molecule has 1 fully saturated rings. The number of carbonyl (C=O) groups is 1. The van der Waals surface area contributed by atoms with E-state index in [9.17, 15) is 9.90 Å². The number of aliphatic hydroxyl groups excluding tert-OH is 1. The molecule has 1 aliphatic rings. The molecule has 6 nitrogen and oxygen atoms in total. The Kier molecular flexibility index (Phi) is 6.95. The van der Waals surface area contributed by atoms with Crippen molar-refractivity contribution in [1.82, 2.24) is 16.0 Å². The lowest BCUT2D eigenvalue weighted by atomic mass is 9.93. The molecule has 0 spiro atoms. The minimum absolute atomic E-state index is 0.0845. The number of nitrogens with zero attached hydrogens (tertiary/aromatic N) is 1. The summed E-state index contributed by atoms with van der Waals surface area (Å²) in [6.45, 7) is 8.71. The SMILES string of the molecule is CCNC(=NCC(=O)NC(C)(C)C)NC1CCC(O)CC1. The van der Waals surface area contributed by atoms with Gasteiger partial charge in [0.15, 0.2) is 5.96 Å². The Morgan fingerprint density at radius 1 is 1.24 bits per heavy atom. The van der Waals surface area contributed by atoms with E-state index in [1.165, 1.54) is 0 Å². The maximum atomic E-state index is 11.8. The van der Waals surface area contributed by atoms with Crippen LogP contribution in [-0.4, -0.2) is 47.7 Å². The Balaban J connectivity index is 2.48. The first-order valence-electron chi connectivity index (χ1n) is 7.84. The highest BCUT2D eigenvalue weighted by Crippen LogP contribution is 2.18. The second kappa shape index (κ2) is 8.22. The molecule has 0 radical (unpaired) electrons. The van der Waals surface area contributed by atoms with E-state index in [-0.39, 0.29) is 24.1 Å². The van der Waals surface area contributed by atoms with Gasteiger partial charge in [0.1, 0.15) is 6.54 Å². The van der Waals surface area contributed by atoms with Gasteiger partial charge in [-0.25, -0.2) is 4.99 Å². The third-order valence-corrected chi connectivity index (χ3v) is 3.28. The summed E-state index contributed by atoms with van der Waals surface area (Å²) in [4.78, 5) is 16.1. The fraction of sp³-hybridized carbons (Fsp3) is 0.867. The third kappa shape index (κ3) is 7.90. The Morgan fingerprint density at radius 3 is 2.38 bits per heavy atom. The lowest BCUT2D eigenvalue weighted by Gasteiger charge is -2.27. The van der Waals surface area contributed by atoms with E-state index in [0.29, 0.717) is 12.0 Å². The molecule has 0 aromatic rings. The van der Waals surface area contributed by atoms with Crippen LogP contribution in [0.3, 0.4) is 0 Å². The Labute approximate surface area is 127 Å². The van der Waals surface area contributed by atoms with Crippen LogP contribution < -0.4 is 16.0 Å². The van der Waals surface area contributed by atoms with Gasteiger partial charge >= 0.3 is 0 Å². The number of hydrogen-bond donors (Lipinski definition) is 4. The number of hydrogen-bond acceptors (Lipinski definition) is 3. The molecule has 4 N–H and O–H groups in total. The van der Waals surface area contributed by atoms with Gasteiger partial charge < -0.3 is 21.1 Å². The van der Waals surface area contributed by atoms with Crippen LogP contribution in [0.15, 0.2) is 4.99 Å². The van der Waals surface area contributed by atoms with Crippen molar-refractivity contribution in [2.75, 3.05) is 13.1 Å². The van der Waals surface area contributed by atoms with E-state index in [1.807, 2.05) is 27.7 Å². The molecule has 0 bridgehead atoms. The Morgan fingerprint density at radius 2 is 1.86 bits per heavy atom. The summed E-state index contributed by atoms with van der Waals surface area (Å²) >= 11 is 0. The van der Waals surface area contributed by atoms with Gasteiger partial charge in [-0.2, -0.15) is 0 Å². The highest BCUT2D eigenvalue weighted by atomic mass is 16.3. The molecule has 0 saturated heterocycles. The topological polar surface area (TPSA) is 85.8 Å². The van der Waals surface area contributed by atoms with Gasteiger partial charge in [-0.05, 0) is 53.4 Å². The predicted octanol–water partition coefficient (Wildman–Crippen LogP) is 0.760. The van der Waals surface area contributed by atoms with Crippen LogP contribution in [-0.2, 0) is 4.79 Å². The van der Waals surface area contributed by atoms with Crippen molar-refractivity contribution in [3.8, 4) is 0 Å². The first-order valence-corrected chi connectivity index (χ1v) is 7.84. The van der Waals surface area contributed by atoms with Crippen LogP contribution in [0, 0.1) is 0 Å². The van der Waals surface area contributed by atoms with Crippen molar-refractivity contribution < 1.29 is 9.90 Å². The number of rotatable bonds is 4. The first kappa shape index (κ1) is 17.8. The standard InChI is InChI=1S/C15H30N4O2/c1-5-16-14(17-10-13(21)19-15(2,3)4)18-11-6-8-12(20)9-7-11/h11-12,20H,5-10H2,1-4H3,(H,19,21)(H2,16,17,18). The second-order valence-corrected chi connectivity index (χ2v) is 6.64. The zero-order chi connectivity index (χ0) is 15.9. The van der Waals surface area contributed by atoms with Gasteiger partial charge in [0.2, 0.25) is 5.91 Å². The number of aliphatic imine (C=N–C) groups is 1. The van der Waals surface area contributed by atoms with Gasteiger partial charge in [-0.1, -0.05) is 0 Å². The lowest BCUT2D eigenvalue weighted by molar-refractivity contribution is -0.121. The average molecular weight is 298 g/mol. The van der Waals surface area contributed by atoms with E-state index in [4.69, 9.17) is 0 Å². The Bertz CT molecular complexity index is 355. The minimum atomic E-state index is -0.238. The summed E-state index contributed by atoms with van der Waals surface area (Å²) in [6.07, 6.45) is 3.34. The molecule has 0 aromatic carbocycles. The average Bonchev–Trinajstić information content (AvgIpc) is 2.37. The zero-order valence-electron chi connectivity index (χ0n) is 13.7. The molecule has 21 heavy (non-hydrogen) atoms. The minimum Gasteiger partial charge on any atom is -0.393 e. The Hall–Kier alpha value is -1.30. The molecule has 0 aliphatic heterocycles. The molecule has 0 aromatic heterocycles. The second-order valence-electron chi connectivity index (χ2n) is 6.64. The molecule has 0 atom stereocenters. The van der Waals surface area contributed by atoms with Crippen molar-refractivity contribution in [2.45, 2.75) is 71.1 Å². The van der Waals surface area contributed by atoms with Crippen molar-refractivity contribution in [2.24, 2.45) is 4.99 Å². The fourth-order valence-corrected chi connectivity index (χ4v) is 2.34. The molecule has 1 aliphatic carbocycles. The van der Waals surface area contributed by atoms with E-state index in [2.05, 4.69) is 20.9 Å². The van der Waals surface area contributed by atoms with Crippen LogP contribution in [0.1, 0.15) is 53.4 Å². The summed E-state index contributed by atoms with van der Waals surface area (Å²) in [5, 5.41) is 18.9. The first-order chi connectivity index (χ1) is 9.80. The highest BCUT2D eigenvalue weighted by Gasteiger charge is 2.20. The maximum absolute atomic E-state index is 11.8. The number of guanidine groups is 1. The van der Waals surface area contributed by atoms with E-state index < -0.39 is 0 Å². The molecular weight excluding hydrogens is 268 g/mol. The molecule has 0 unspecified atom stereocenters. The zero-order valence-corrected chi connectivity index (χ0v) is 13.7. The van der Waals surface area contributed by atoms with Crippen LogP contribution in [0.2, 0.25) is 0 Å². The van der Waals surface area contributed by atoms with Gasteiger partial charge in [0.05, 0.1) is 6.10 Å². The third-order valence-electron chi connectivity index (χ3n) is 3.28. The molecule has 1 amide bonds. The summed E-state index contributed by atoms with van der Waals surface area (Å²) < 4.78 is 0. The van der Waals surface area contributed by atoms with Gasteiger partial charge in [-0.3, -0.25) is 4.79 Å². The van der Waals surface area contributed by atoms with Gasteiger partial charge in [-0.15, -0.1) is 0 Å². The molecule has 122 valence electrons. The van der Waals surface area contributed by atoms with Gasteiger partial charge in [0.25, 0.3) is 0 Å². The van der Waals surface area contributed by atoms with Crippen molar-refractivity contribution >= 4 is 11.9 Å². The summed E-state index contributed by atoms with van der Waals surface area (Å²) in [7, 11) is 0.